The number of rotatable bonds is 3. The van der Waals surface area contributed by atoms with Crippen LogP contribution in [-0.2, 0) is 0 Å². The summed E-state index contributed by atoms with van der Waals surface area (Å²) in [6, 6.07) is 45.1. The van der Waals surface area contributed by atoms with E-state index in [1.807, 2.05) is 11.3 Å². The average molecular weight is 492 g/mol. The molecule has 2 aromatic heterocycles. The summed E-state index contributed by atoms with van der Waals surface area (Å²) in [4.78, 5) is 2.35. The summed E-state index contributed by atoms with van der Waals surface area (Å²) in [5, 5.41) is 7.26. The van der Waals surface area contributed by atoms with Crippen LogP contribution >= 0.6 is 11.3 Å². The molecule has 37 heavy (non-hydrogen) atoms. The zero-order valence-corrected chi connectivity index (χ0v) is 20.7. The smallest absolute Gasteiger partial charge is 0.144 e. The Morgan fingerprint density at radius 1 is 0.514 bits per heavy atom. The van der Waals surface area contributed by atoms with Crippen LogP contribution < -0.4 is 4.90 Å². The van der Waals surface area contributed by atoms with Gasteiger partial charge < -0.3 is 9.32 Å². The predicted octanol–water partition coefficient (Wildman–Crippen LogP) is 10.6. The number of hydrogen-bond acceptors (Lipinski definition) is 3. The van der Waals surface area contributed by atoms with Gasteiger partial charge in [0.15, 0.2) is 0 Å². The molecule has 0 saturated heterocycles. The van der Waals surface area contributed by atoms with Crippen LogP contribution in [0.15, 0.2) is 132 Å². The minimum absolute atomic E-state index is 0.937. The molecule has 8 aromatic rings. The number of fused-ring (bicyclic) bond motifs is 9. The first-order chi connectivity index (χ1) is 18.4. The van der Waals surface area contributed by atoms with E-state index in [1.165, 1.54) is 47.4 Å². The number of para-hydroxylation sites is 2. The van der Waals surface area contributed by atoms with Gasteiger partial charge in [-0.25, -0.2) is 0 Å². The molecule has 0 bridgehead atoms. The van der Waals surface area contributed by atoms with Crippen molar-refractivity contribution in [1.29, 1.82) is 0 Å². The van der Waals surface area contributed by atoms with Crippen LogP contribution in [0.3, 0.4) is 0 Å². The maximum absolute atomic E-state index is 6.60. The maximum atomic E-state index is 6.60. The van der Waals surface area contributed by atoms with Gasteiger partial charge in [-0.2, -0.15) is 0 Å². The highest BCUT2D eigenvalue weighted by molar-refractivity contribution is 7.26. The summed E-state index contributed by atoms with van der Waals surface area (Å²) in [6.45, 7) is 0. The van der Waals surface area contributed by atoms with Gasteiger partial charge in [-0.3, -0.25) is 0 Å². The fourth-order valence-electron chi connectivity index (χ4n) is 5.63. The number of anilines is 3. The molecule has 0 aliphatic carbocycles. The Balaban J connectivity index is 1.46. The first kappa shape index (κ1) is 20.6. The first-order valence-corrected chi connectivity index (χ1v) is 13.3. The molecule has 0 amide bonds. The van der Waals surface area contributed by atoms with Crippen molar-refractivity contribution in [3.63, 3.8) is 0 Å². The highest BCUT2D eigenvalue weighted by Crippen LogP contribution is 2.48. The van der Waals surface area contributed by atoms with Crippen molar-refractivity contribution >= 4 is 81.3 Å². The van der Waals surface area contributed by atoms with Crippen molar-refractivity contribution in [1.82, 2.24) is 0 Å². The minimum Gasteiger partial charge on any atom is -0.455 e. The Bertz CT molecular complexity index is 2050. The summed E-state index contributed by atoms with van der Waals surface area (Å²) in [6.07, 6.45) is 0. The Hall–Kier alpha value is -4.60. The molecule has 8 rings (SSSR count). The lowest BCUT2D eigenvalue weighted by Crippen LogP contribution is -2.09. The van der Waals surface area contributed by atoms with Crippen molar-refractivity contribution in [3.8, 4) is 0 Å². The zero-order valence-electron chi connectivity index (χ0n) is 19.9. The van der Waals surface area contributed by atoms with Crippen LogP contribution in [0.5, 0.6) is 0 Å². The van der Waals surface area contributed by atoms with Gasteiger partial charge in [0.2, 0.25) is 0 Å². The van der Waals surface area contributed by atoms with E-state index in [9.17, 15) is 0 Å². The summed E-state index contributed by atoms with van der Waals surface area (Å²) in [5.41, 5.74) is 5.36. The molecule has 0 aliphatic rings. The van der Waals surface area contributed by atoms with E-state index < -0.39 is 0 Å². The Labute approximate surface area is 217 Å². The SMILES string of the molecule is c1ccc(N(c2ccccc2)c2cccc3c2sc2ccc4c(oc5ccc6ccccc6c54)c23)cc1. The molecule has 2 heterocycles. The molecular weight excluding hydrogens is 470 g/mol. The van der Waals surface area contributed by atoms with E-state index in [0.717, 1.165) is 22.5 Å². The van der Waals surface area contributed by atoms with Gasteiger partial charge in [0.1, 0.15) is 11.2 Å². The third kappa shape index (κ3) is 3.05. The molecule has 0 saturated carbocycles. The van der Waals surface area contributed by atoms with Gasteiger partial charge in [-0.15, -0.1) is 11.3 Å². The third-order valence-electron chi connectivity index (χ3n) is 7.24. The third-order valence-corrected chi connectivity index (χ3v) is 8.43. The Morgan fingerprint density at radius 3 is 2.00 bits per heavy atom. The fraction of sp³-hybridized carbons (Fsp3) is 0. The Kier molecular flexibility index (Phi) is 4.42. The number of nitrogens with zero attached hydrogens (tertiary/aromatic N) is 1. The zero-order chi connectivity index (χ0) is 24.3. The van der Waals surface area contributed by atoms with E-state index in [2.05, 4.69) is 132 Å². The van der Waals surface area contributed by atoms with E-state index in [-0.39, 0.29) is 0 Å². The van der Waals surface area contributed by atoms with Crippen molar-refractivity contribution in [2.45, 2.75) is 0 Å². The molecule has 2 nitrogen and oxygen atoms in total. The van der Waals surface area contributed by atoms with Gasteiger partial charge in [0.25, 0.3) is 0 Å². The van der Waals surface area contributed by atoms with Crippen LogP contribution in [-0.4, -0.2) is 0 Å². The molecule has 0 unspecified atom stereocenters. The average Bonchev–Trinajstić information content (AvgIpc) is 3.53. The molecule has 0 atom stereocenters. The fourth-order valence-corrected chi connectivity index (χ4v) is 6.83. The molecule has 0 spiro atoms. The Morgan fingerprint density at radius 2 is 1.22 bits per heavy atom. The quantitative estimate of drug-likeness (QED) is 0.244. The van der Waals surface area contributed by atoms with Gasteiger partial charge in [0.05, 0.1) is 10.4 Å². The monoisotopic (exact) mass is 491 g/mol. The van der Waals surface area contributed by atoms with Gasteiger partial charge in [-0.05, 0) is 59.3 Å². The highest BCUT2D eigenvalue weighted by Gasteiger charge is 2.20. The van der Waals surface area contributed by atoms with E-state index in [1.54, 1.807) is 0 Å². The summed E-state index contributed by atoms with van der Waals surface area (Å²) < 4.78 is 9.09. The number of benzene rings is 6. The van der Waals surface area contributed by atoms with Crippen LogP contribution in [0, 0.1) is 0 Å². The second-order valence-electron chi connectivity index (χ2n) is 9.34. The van der Waals surface area contributed by atoms with E-state index in [4.69, 9.17) is 4.42 Å². The van der Waals surface area contributed by atoms with Crippen molar-refractivity contribution in [2.75, 3.05) is 4.90 Å². The van der Waals surface area contributed by atoms with Gasteiger partial charge >= 0.3 is 0 Å². The van der Waals surface area contributed by atoms with Crippen LogP contribution in [0.25, 0.3) is 52.9 Å². The van der Waals surface area contributed by atoms with Crippen molar-refractivity contribution in [2.24, 2.45) is 0 Å². The highest BCUT2D eigenvalue weighted by atomic mass is 32.1. The lowest BCUT2D eigenvalue weighted by molar-refractivity contribution is 0.673. The number of hydrogen-bond donors (Lipinski definition) is 0. The largest absolute Gasteiger partial charge is 0.455 e. The molecule has 0 N–H and O–H groups in total. The molecule has 174 valence electrons. The lowest BCUT2D eigenvalue weighted by atomic mass is 10.0. The lowest BCUT2D eigenvalue weighted by Gasteiger charge is -2.25. The standard InChI is InChI=1S/C34H21NOS/c1-3-11-23(12-4-1)35(24-13-5-2-6-14-24)28-17-9-16-27-32-30(37-34(27)28)21-19-26-31-25-15-8-7-10-22(25)18-20-29(31)36-33(26)32/h1-21H. The minimum atomic E-state index is 0.937. The molecule has 6 aromatic carbocycles. The van der Waals surface area contributed by atoms with E-state index >= 15 is 0 Å². The number of thiophene rings is 1. The van der Waals surface area contributed by atoms with Crippen LogP contribution in [0.2, 0.25) is 0 Å². The normalized spacial score (nSPS) is 11.8. The first-order valence-electron chi connectivity index (χ1n) is 12.5. The van der Waals surface area contributed by atoms with Crippen molar-refractivity contribution in [3.05, 3.63) is 127 Å². The second-order valence-corrected chi connectivity index (χ2v) is 10.4. The predicted molar refractivity (Wildman–Crippen MR) is 159 cm³/mol. The topological polar surface area (TPSA) is 16.4 Å². The van der Waals surface area contributed by atoms with Crippen LogP contribution in [0.1, 0.15) is 0 Å². The summed E-state index contributed by atoms with van der Waals surface area (Å²) in [5.74, 6) is 0. The van der Waals surface area contributed by atoms with Crippen molar-refractivity contribution < 1.29 is 4.42 Å². The summed E-state index contributed by atoms with van der Waals surface area (Å²) in [7, 11) is 0. The molecular formula is C34H21NOS. The van der Waals surface area contributed by atoms with Gasteiger partial charge in [-0.1, -0.05) is 78.9 Å². The molecule has 3 heteroatoms. The van der Waals surface area contributed by atoms with Gasteiger partial charge in [0, 0.05) is 37.6 Å². The van der Waals surface area contributed by atoms with E-state index in [0.29, 0.717) is 0 Å². The second kappa shape index (κ2) is 7.95. The number of furan rings is 1. The summed E-state index contributed by atoms with van der Waals surface area (Å²) >= 11 is 1.83. The van der Waals surface area contributed by atoms with Crippen LogP contribution in [0.4, 0.5) is 17.1 Å². The maximum Gasteiger partial charge on any atom is 0.144 e. The molecule has 0 radical (unpaired) electrons. The molecule has 0 fully saturated rings. The molecule has 0 aliphatic heterocycles.